The van der Waals surface area contributed by atoms with Gasteiger partial charge in [0.25, 0.3) is 0 Å². The van der Waals surface area contributed by atoms with Crippen molar-refractivity contribution in [3.8, 4) is 0 Å². The lowest BCUT2D eigenvalue weighted by Gasteiger charge is -2.45. The normalized spacial score (nSPS) is 45.5. The smallest absolute Gasteiger partial charge is 0.322 e. The molecule has 2 saturated heterocycles. The number of carbonyl (C=O) groups excluding carboxylic acids is 1. The molecule has 1 unspecified atom stereocenters. The molecule has 0 saturated carbocycles. The van der Waals surface area contributed by atoms with E-state index in [-0.39, 0.29) is 0 Å². The zero-order valence-electron chi connectivity index (χ0n) is 15.0. The average Bonchev–Trinajstić information content (AvgIpc) is 2.66. The number of rotatable bonds is 6. The highest BCUT2D eigenvalue weighted by Gasteiger charge is 2.50. The van der Waals surface area contributed by atoms with Gasteiger partial charge in [0.15, 0.2) is 12.6 Å². The summed E-state index contributed by atoms with van der Waals surface area (Å²) in [4.78, 5) is 11.5. The molecule has 164 valence electrons. The highest BCUT2D eigenvalue weighted by atomic mass is 16.7. The van der Waals surface area contributed by atoms with Gasteiger partial charge in [-0.25, -0.2) is 0 Å². The van der Waals surface area contributed by atoms with E-state index < -0.39 is 86.6 Å². The van der Waals surface area contributed by atoms with Crippen molar-refractivity contribution in [1.82, 2.24) is 0 Å². The van der Waals surface area contributed by atoms with Crippen LogP contribution in [0.2, 0.25) is 0 Å². The van der Waals surface area contributed by atoms with Crippen molar-refractivity contribution in [2.24, 2.45) is 5.73 Å². The van der Waals surface area contributed by atoms with E-state index in [9.17, 15) is 40.5 Å². The van der Waals surface area contributed by atoms with Crippen molar-refractivity contribution in [3.05, 3.63) is 0 Å². The minimum atomic E-state index is -1.79. The molecule has 0 spiro atoms. The molecule has 0 aliphatic carbocycles. The fourth-order valence-electron chi connectivity index (χ4n) is 2.85. The Kier molecular flexibility index (Phi) is 8.06. The molecule has 13 nitrogen and oxygen atoms in total. The molecule has 2 aliphatic rings. The topological polar surface area (TPSA) is 222 Å². The van der Waals surface area contributed by atoms with Crippen LogP contribution in [0.3, 0.4) is 0 Å². The Morgan fingerprint density at radius 1 is 0.964 bits per heavy atom. The number of carbonyl (C=O) groups is 1. The zero-order chi connectivity index (χ0) is 21.2. The molecule has 2 rings (SSSR count). The van der Waals surface area contributed by atoms with Crippen LogP contribution in [0.5, 0.6) is 0 Å². The number of nitrogens with two attached hydrogens (primary N) is 1. The van der Waals surface area contributed by atoms with E-state index in [2.05, 4.69) is 0 Å². The second-order valence-corrected chi connectivity index (χ2v) is 6.76. The molecule has 11 atom stereocenters. The van der Waals surface area contributed by atoms with Gasteiger partial charge in [-0.1, -0.05) is 0 Å². The molecule has 0 radical (unpaired) electrons. The van der Waals surface area contributed by atoms with Crippen LogP contribution in [-0.4, -0.2) is 122 Å². The van der Waals surface area contributed by atoms with Gasteiger partial charge in [0, 0.05) is 0 Å². The van der Waals surface area contributed by atoms with E-state index in [0.29, 0.717) is 0 Å². The number of hydrogen-bond donors (Lipinski definition) is 8. The Morgan fingerprint density at radius 2 is 1.61 bits per heavy atom. The summed E-state index contributed by atoms with van der Waals surface area (Å²) >= 11 is 0. The van der Waals surface area contributed by atoms with Gasteiger partial charge < -0.3 is 60.4 Å². The first-order chi connectivity index (χ1) is 13.1. The molecule has 0 amide bonds. The molecule has 2 fully saturated rings. The molecule has 0 bridgehead atoms. The van der Waals surface area contributed by atoms with Crippen LogP contribution in [0.4, 0.5) is 0 Å². The Labute approximate surface area is 159 Å². The lowest BCUT2D eigenvalue weighted by molar-refractivity contribution is -0.355. The molecule has 2 heterocycles. The van der Waals surface area contributed by atoms with Gasteiger partial charge in [0.2, 0.25) is 0 Å². The quantitative estimate of drug-likeness (QED) is 0.191. The minimum absolute atomic E-state index is 0.514. The minimum Gasteiger partial charge on any atom is -0.462 e. The standard InChI is InChI=1S/C15H27NO12/c1-4(16)13(23)25-3-6-7(18)8(19)11(22)15(27-6)28-12-5(2-17)26-14(24)10(21)9(12)20/h4-12,14-15,17-22,24H,2-3,16H2,1H3/t4-,5+,6+,7-,8-,9+,10+,11+,12+,14?,15-/m0/s1. The second kappa shape index (κ2) is 9.69. The molecule has 13 heteroatoms. The van der Waals surface area contributed by atoms with Crippen LogP contribution in [0.1, 0.15) is 6.92 Å². The van der Waals surface area contributed by atoms with Crippen LogP contribution < -0.4 is 5.73 Å². The molecular weight excluding hydrogens is 386 g/mol. The van der Waals surface area contributed by atoms with Gasteiger partial charge >= 0.3 is 5.97 Å². The summed E-state index contributed by atoms with van der Waals surface area (Å²) in [6.45, 7) is 0.152. The van der Waals surface area contributed by atoms with E-state index in [1.165, 1.54) is 6.92 Å². The monoisotopic (exact) mass is 413 g/mol. The number of hydrogen-bond acceptors (Lipinski definition) is 13. The summed E-state index contributed by atoms with van der Waals surface area (Å²) in [6, 6.07) is -0.934. The van der Waals surface area contributed by atoms with Crippen molar-refractivity contribution >= 4 is 5.97 Å². The maximum Gasteiger partial charge on any atom is 0.322 e. The van der Waals surface area contributed by atoms with E-state index in [1.54, 1.807) is 0 Å². The fraction of sp³-hybridized carbons (Fsp3) is 0.933. The molecule has 9 N–H and O–H groups in total. The summed E-state index contributed by atoms with van der Waals surface area (Å²) in [6.07, 6.45) is -16.2. The van der Waals surface area contributed by atoms with Crippen LogP contribution in [0.25, 0.3) is 0 Å². The third-order valence-electron chi connectivity index (χ3n) is 4.56. The third kappa shape index (κ3) is 4.95. The Hall–Kier alpha value is -0.970. The Morgan fingerprint density at radius 3 is 2.18 bits per heavy atom. The van der Waals surface area contributed by atoms with E-state index in [1.807, 2.05) is 0 Å². The molecule has 0 aromatic heterocycles. The van der Waals surface area contributed by atoms with Crippen molar-refractivity contribution in [1.29, 1.82) is 0 Å². The molecule has 2 aliphatic heterocycles. The highest BCUT2D eigenvalue weighted by molar-refractivity contribution is 5.74. The van der Waals surface area contributed by atoms with Crippen molar-refractivity contribution in [2.45, 2.75) is 74.4 Å². The number of esters is 1. The number of aliphatic hydroxyl groups excluding tert-OH is 7. The summed E-state index contributed by atoms with van der Waals surface area (Å²) in [7, 11) is 0. The maximum absolute atomic E-state index is 11.5. The SMILES string of the molecule is C[C@H](N)C(=O)OC[C@H]1O[C@@H](O[C@H]2[C@H](O)[C@@H](O)C(O)O[C@@H]2CO)[C@H](O)[C@@H](O)[C@H]1O. The van der Waals surface area contributed by atoms with Crippen LogP contribution in [0.15, 0.2) is 0 Å². The van der Waals surface area contributed by atoms with E-state index in [4.69, 9.17) is 24.7 Å². The van der Waals surface area contributed by atoms with E-state index >= 15 is 0 Å². The first-order valence-electron chi connectivity index (χ1n) is 8.66. The number of aliphatic hydroxyl groups is 7. The predicted octanol–water partition coefficient (Wildman–Crippen LogP) is -5.50. The Balaban J connectivity index is 2.09. The van der Waals surface area contributed by atoms with Crippen LogP contribution in [0, 0.1) is 0 Å². The highest BCUT2D eigenvalue weighted by Crippen LogP contribution is 2.28. The van der Waals surface area contributed by atoms with Crippen molar-refractivity contribution < 1.29 is 59.5 Å². The van der Waals surface area contributed by atoms with Gasteiger partial charge in [0.1, 0.15) is 61.5 Å². The van der Waals surface area contributed by atoms with Gasteiger partial charge in [-0.15, -0.1) is 0 Å². The zero-order valence-corrected chi connectivity index (χ0v) is 15.0. The molecule has 28 heavy (non-hydrogen) atoms. The lowest BCUT2D eigenvalue weighted by atomic mass is 9.97. The summed E-state index contributed by atoms with van der Waals surface area (Å²) in [5.41, 5.74) is 5.36. The largest absolute Gasteiger partial charge is 0.462 e. The Bertz CT molecular complexity index is 519. The van der Waals surface area contributed by atoms with Crippen molar-refractivity contribution in [3.63, 3.8) is 0 Å². The van der Waals surface area contributed by atoms with Gasteiger partial charge in [-0.2, -0.15) is 0 Å². The molecule has 0 aromatic carbocycles. The van der Waals surface area contributed by atoms with Crippen LogP contribution >= 0.6 is 0 Å². The van der Waals surface area contributed by atoms with E-state index in [0.717, 1.165) is 0 Å². The van der Waals surface area contributed by atoms with Crippen molar-refractivity contribution in [2.75, 3.05) is 13.2 Å². The van der Waals surface area contributed by atoms with Crippen LogP contribution in [-0.2, 0) is 23.7 Å². The summed E-state index contributed by atoms with van der Waals surface area (Å²) in [5.74, 6) is -0.789. The average molecular weight is 413 g/mol. The van der Waals surface area contributed by atoms with Gasteiger partial charge in [-0.3, -0.25) is 4.79 Å². The molecular formula is C15H27NO12. The number of ether oxygens (including phenoxy) is 4. The van der Waals surface area contributed by atoms with Gasteiger partial charge in [-0.05, 0) is 6.92 Å². The second-order valence-electron chi connectivity index (χ2n) is 6.76. The lowest BCUT2D eigenvalue weighted by Crippen LogP contribution is -2.64. The van der Waals surface area contributed by atoms with Gasteiger partial charge in [0.05, 0.1) is 6.61 Å². The molecule has 0 aromatic rings. The summed E-state index contributed by atoms with van der Waals surface area (Å²) < 4.78 is 20.5. The fourth-order valence-corrected chi connectivity index (χ4v) is 2.85. The first kappa shape index (κ1) is 23.3. The maximum atomic E-state index is 11.5. The predicted molar refractivity (Wildman–Crippen MR) is 86.1 cm³/mol. The third-order valence-corrected chi connectivity index (χ3v) is 4.56. The summed E-state index contributed by atoms with van der Waals surface area (Å²) in [5, 5.41) is 68.8. The first-order valence-corrected chi connectivity index (χ1v) is 8.66.